The van der Waals surface area contributed by atoms with Crippen LogP contribution >= 0.6 is 11.6 Å². The monoisotopic (exact) mass is 1740 g/mol. The molecule has 8 heterocycles. The first-order chi connectivity index (χ1) is 58.9. The second kappa shape index (κ2) is 37.6. The van der Waals surface area contributed by atoms with Crippen LogP contribution in [0.15, 0.2) is 140 Å². The van der Waals surface area contributed by atoms with E-state index in [1.54, 1.807) is 26.0 Å². The molecule has 8 aliphatic heterocycles. The van der Waals surface area contributed by atoms with E-state index in [9.17, 15) is 65.4 Å². The lowest BCUT2D eigenvalue weighted by Crippen LogP contribution is -2.65. The molecule has 22 atom stereocenters. The van der Waals surface area contributed by atoms with Crippen LogP contribution in [0, 0.1) is 5.92 Å². The van der Waals surface area contributed by atoms with Crippen molar-refractivity contribution in [3.05, 3.63) is 178 Å². The largest absolute Gasteiger partial charge is 0.508 e. The van der Waals surface area contributed by atoms with Gasteiger partial charge in [0, 0.05) is 53.2 Å². The zero-order valence-corrected chi connectivity index (χ0v) is 68.8. The number of halogens is 1. The number of carbonyl (C=O) groups is 8. The van der Waals surface area contributed by atoms with Crippen molar-refractivity contribution in [3.63, 3.8) is 0 Å². The molecule has 11 bridgehead atoms. The molecule has 0 spiro atoms. The first-order valence-electron chi connectivity index (χ1n) is 40.0. The molecular weight excluding hydrogens is 1640 g/mol. The van der Waals surface area contributed by atoms with Crippen LogP contribution in [0.25, 0.3) is 11.1 Å². The number of primary amides is 1. The van der Waals surface area contributed by atoms with E-state index >= 15 is 24.0 Å². The Balaban J connectivity index is 1.00. The van der Waals surface area contributed by atoms with Gasteiger partial charge in [0.1, 0.15) is 101 Å². The van der Waals surface area contributed by atoms with E-state index in [0.29, 0.717) is 11.5 Å². The molecule has 0 unspecified atom stereocenters. The Morgan fingerprint density at radius 3 is 1.94 bits per heavy atom. The van der Waals surface area contributed by atoms with Gasteiger partial charge in [-0.3, -0.25) is 33.6 Å². The number of para-hydroxylation sites is 1. The van der Waals surface area contributed by atoms with Crippen molar-refractivity contribution in [3.8, 4) is 68.6 Å². The number of amides is 7. The number of likely N-dealkylation sites (N-methyl/N-ethyl adjacent to an activating group) is 1. The minimum absolute atomic E-state index is 0.0457. The third-order valence-corrected chi connectivity index (χ3v) is 22.9. The lowest BCUT2D eigenvalue weighted by Gasteiger charge is -2.48. The average Bonchev–Trinajstić information content (AvgIpc) is 0.766. The Morgan fingerprint density at radius 1 is 0.653 bits per heavy atom. The van der Waals surface area contributed by atoms with E-state index in [1.807, 2.05) is 56.3 Å². The zero-order valence-electron chi connectivity index (χ0n) is 68.1. The number of benzene rings is 7. The Bertz CT molecular complexity index is 5130. The van der Waals surface area contributed by atoms with Gasteiger partial charge in [-0.25, -0.2) is 4.79 Å². The van der Waals surface area contributed by atoms with Gasteiger partial charge in [-0.05, 0) is 154 Å². The smallest absolute Gasteiger partial charge is 0.330 e. The first-order valence-corrected chi connectivity index (χ1v) is 40.4. The van der Waals surface area contributed by atoms with Crippen molar-refractivity contribution in [1.82, 2.24) is 42.5 Å². The van der Waals surface area contributed by atoms with Gasteiger partial charge in [-0.2, -0.15) is 0 Å². The summed E-state index contributed by atoms with van der Waals surface area (Å²) < 4.78 is 58.9. The molecule has 7 aromatic carbocycles. The van der Waals surface area contributed by atoms with Crippen molar-refractivity contribution in [1.29, 1.82) is 0 Å². The molecule has 0 aromatic heterocycles. The van der Waals surface area contributed by atoms with Crippen LogP contribution in [0.4, 0.5) is 0 Å². The number of hydrogen-bond acceptors (Lipinski definition) is 29. The molecule has 662 valence electrons. The van der Waals surface area contributed by atoms with Crippen LogP contribution in [0.1, 0.15) is 131 Å². The van der Waals surface area contributed by atoms with Gasteiger partial charge >= 0.3 is 5.97 Å². The van der Waals surface area contributed by atoms with E-state index in [2.05, 4.69) is 42.5 Å². The number of carbonyl (C=O) groups excluding carboxylic acids is 7. The fourth-order valence-corrected chi connectivity index (χ4v) is 16.2. The van der Waals surface area contributed by atoms with Crippen LogP contribution in [0.3, 0.4) is 0 Å². The number of phenols is 3. The van der Waals surface area contributed by atoms with E-state index in [0.717, 1.165) is 54.1 Å². The molecule has 3 fully saturated rings. The highest BCUT2D eigenvalue weighted by molar-refractivity contribution is 6.32. The molecule has 22 N–H and O–H groups in total. The molecule has 0 saturated carbocycles. The Labute approximate surface area is 714 Å². The van der Waals surface area contributed by atoms with Crippen molar-refractivity contribution in [2.75, 3.05) is 13.7 Å². The molecule has 38 heteroatoms. The summed E-state index contributed by atoms with van der Waals surface area (Å²) in [5, 5.41) is 138. The highest BCUT2D eigenvalue weighted by Gasteiger charge is 2.53. The van der Waals surface area contributed by atoms with Crippen molar-refractivity contribution in [2.24, 2.45) is 17.4 Å². The molecular formula is C86H99ClN10O27. The quantitative estimate of drug-likeness (QED) is 0.0520. The number of fused-ring (bicyclic) bond motifs is 15. The van der Waals surface area contributed by atoms with Crippen molar-refractivity contribution < 1.29 is 132 Å². The number of phenolic OH excluding ortho intramolecular Hbond substituents is 3. The van der Waals surface area contributed by atoms with Crippen molar-refractivity contribution in [2.45, 2.75) is 207 Å². The molecule has 7 aromatic rings. The molecule has 0 aliphatic carbocycles. The maximum absolute atomic E-state index is 16.5. The number of nitrogens with two attached hydrogens (primary N) is 2. The predicted molar refractivity (Wildman–Crippen MR) is 436 cm³/mol. The summed E-state index contributed by atoms with van der Waals surface area (Å²) in [5.74, 6) is -14.4. The van der Waals surface area contributed by atoms with Gasteiger partial charge < -0.3 is 148 Å². The zero-order chi connectivity index (χ0) is 89.2. The fraction of sp³-hybridized carbons (Fsp3) is 0.419. The minimum Gasteiger partial charge on any atom is -0.508 e. The van der Waals surface area contributed by atoms with Gasteiger partial charge in [-0.1, -0.05) is 80.0 Å². The van der Waals surface area contributed by atoms with Gasteiger partial charge in [0.05, 0.1) is 48.5 Å². The number of aliphatic hydroxyl groups excluding tert-OH is 6. The van der Waals surface area contributed by atoms with Gasteiger partial charge in [0.2, 0.25) is 53.4 Å². The van der Waals surface area contributed by atoms with E-state index in [-0.39, 0.29) is 64.9 Å². The van der Waals surface area contributed by atoms with E-state index in [1.165, 1.54) is 57.3 Å². The number of rotatable bonds is 20. The number of carboxylic acid groups (broad SMARTS) is 1. The Morgan fingerprint density at radius 2 is 1.29 bits per heavy atom. The molecule has 3 saturated heterocycles. The van der Waals surface area contributed by atoms with Gasteiger partial charge in [-0.15, -0.1) is 0 Å². The Kier molecular flexibility index (Phi) is 27.4. The van der Waals surface area contributed by atoms with Gasteiger partial charge in [0.25, 0.3) is 0 Å². The van der Waals surface area contributed by atoms with Crippen LogP contribution in [0.5, 0.6) is 57.5 Å². The standard InChI is InChI=1S/C86H99ClN10O27/c1-37(2)25-52(90-7)77(108)96-67-69(103)43-18-24-56(51(87)27-43)120-58-29-44-28-57(73(58)124-84-74(71(105)70(104)59(36-98)121-84)123-62-34-86(6,76(107)39(4)117-62)91-35-40-13-19-47(20-14-40)118-46-11-9-8-10-12-46)119-48-21-15-41(16-22-48)72(122-61-33-85(5,89)75(106)38(3)116-61)68-82(113)95-66(83(114)115)50-30-45(99)31-55(101)63(50)49-26-42(17-23-54(49)100)64(79(110)97-68)94-80(111)65(44)93-78(109)53(32-60(88)102)92-81(67)112/h8-24,26-31,37-39,52-53,59,61-62,64-72,74-76,84,90-91,98-101,103-107H,25,32-36,89H2,1-7H3,(H2,88,102)(H,92,112)(H,93,109)(H,94,111)(H,95,113)(H,96,108)(H,97,110)(H,114,115)/t38-,39-,52+,53-,59+,61-,62-,64+,65+,66-,67+,68-,69+,70+,71-,72+,74+,75-,76-,84-,85-,86-/m0/s1. The number of ether oxygens (including phenoxy) is 9. The molecule has 37 nitrogen and oxygen atoms in total. The molecule has 8 aliphatic rings. The summed E-state index contributed by atoms with van der Waals surface area (Å²) in [6, 6.07) is 17.9. The number of nitrogens with one attached hydrogen (secondary N) is 8. The summed E-state index contributed by atoms with van der Waals surface area (Å²) in [6.45, 7) is 9.11. The number of hydrogen-bond donors (Lipinski definition) is 20. The summed E-state index contributed by atoms with van der Waals surface area (Å²) in [7, 11) is 1.48. The van der Waals surface area contributed by atoms with E-state index < -0.39 is 250 Å². The third-order valence-electron chi connectivity index (χ3n) is 22.6. The normalized spacial score (nSPS) is 29.8. The molecule has 7 amide bonds. The summed E-state index contributed by atoms with van der Waals surface area (Å²) in [6.07, 6.45) is -22.5. The fourth-order valence-electron chi connectivity index (χ4n) is 16.0. The minimum atomic E-state index is -2.36. The SMILES string of the molecule is CN[C@H](CC(C)C)C(=O)N[C@H]1C(=O)N[C@@H](CC(N)=O)C(=O)N[C@H]2C(=O)N[C@H]3C(=O)N[C@H](C(=O)N[C@H](C(=O)O)c4cc(O)cc(O)c4-c4cc3ccc4O)[C@H](O[C@H]3C[C@](C)(N)[C@@H](O)[C@H](C)O3)c3ccc(cc3)Oc3cc2cc(c3O[C@@H]2O[C@H](CO)[C@@H](O)[C@H](O)[C@H]2O[C@H]2C[C@](C)(NCc3ccc(Oc4ccccc4)cc3)[C@@H](O)[C@H](C)O2)Oc2ccc(cc2Cl)[C@H]1O. The maximum Gasteiger partial charge on any atom is 0.330 e. The van der Waals surface area contributed by atoms with Crippen LogP contribution in [-0.4, -0.2) is 215 Å². The lowest BCUT2D eigenvalue weighted by molar-refractivity contribution is -0.334. The molecule has 124 heavy (non-hydrogen) atoms. The first kappa shape index (κ1) is 90.4. The predicted octanol–water partition coefficient (Wildman–Crippen LogP) is 3.31. The van der Waals surface area contributed by atoms with Gasteiger partial charge in [0.15, 0.2) is 36.2 Å². The Hall–Kier alpha value is -11.4. The molecule has 0 radical (unpaired) electrons. The second-order valence-electron chi connectivity index (χ2n) is 32.5. The highest BCUT2D eigenvalue weighted by Crippen LogP contribution is 2.50. The number of aliphatic hydroxyl groups is 6. The number of aliphatic carboxylic acids is 1. The second-order valence-corrected chi connectivity index (χ2v) is 32.9. The average molecular weight is 1740 g/mol. The number of aromatic hydroxyl groups is 3. The van der Waals surface area contributed by atoms with E-state index in [4.69, 9.17) is 65.7 Å². The van der Waals surface area contributed by atoms with Crippen LogP contribution in [-0.2, 0) is 68.6 Å². The topological polar surface area (TPSA) is 570 Å². The summed E-state index contributed by atoms with van der Waals surface area (Å²) in [5.41, 5.74) is 8.02. The number of carboxylic acids is 1. The van der Waals surface area contributed by atoms with Crippen molar-refractivity contribution >= 4 is 58.9 Å². The summed E-state index contributed by atoms with van der Waals surface area (Å²) >= 11 is 7.22. The highest BCUT2D eigenvalue weighted by atomic mass is 35.5. The lowest BCUT2D eigenvalue weighted by atomic mass is 9.84. The summed E-state index contributed by atoms with van der Waals surface area (Å²) in [4.78, 5) is 121. The van der Waals surface area contributed by atoms with Crippen LogP contribution in [0.2, 0.25) is 5.02 Å². The third kappa shape index (κ3) is 19.9. The molecule has 15 rings (SSSR count). The van der Waals surface area contributed by atoms with Crippen LogP contribution < -0.4 is 72.9 Å². The maximum atomic E-state index is 16.5.